The van der Waals surface area contributed by atoms with Gasteiger partial charge in [-0.1, -0.05) is 0 Å². The Morgan fingerprint density at radius 3 is 2.29 bits per heavy atom. The van der Waals surface area contributed by atoms with E-state index in [1.165, 1.54) is 6.07 Å². The topological polar surface area (TPSA) is 57.5 Å². The zero-order chi connectivity index (χ0) is 10.2. The van der Waals surface area contributed by atoms with Gasteiger partial charge in [-0.3, -0.25) is 0 Å². The molecule has 0 saturated carbocycles. The number of benzene rings is 2. The molecule has 3 nitrogen and oxygen atoms in total. The van der Waals surface area contributed by atoms with Gasteiger partial charge in [-0.05, 0) is 0 Å². The summed E-state index contributed by atoms with van der Waals surface area (Å²) in [6.45, 7) is 0. The van der Waals surface area contributed by atoms with Crippen molar-refractivity contribution < 1.29 is 9.79 Å². The van der Waals surface area contributed by atoms with Crippen LogP contribution in [0.1, 0.15) is 0 Å². The summed E-state index contributed by atoms with van der Waals surface area (Å²) in [6, 6.07) is 12.2. The molecule has 0 aliphatic heterocycles. The SMILES string of the molecule is [O]=[Sb]([OH])([OH])[c]1cccc2ccccc12. The Morgan fingerprint density at radius 2 is 1.57 bits per heavy atom. The fraction of sp³-hybridized carbons (Fsp3) is 0. The van der Waals surface area contributed by atoms with Gasteiger partial charge in [-0.2, -0.15) is 0 Å². The summed E-state index contributed by atoms with van der Waals surface area (Å²) >= 11 is -5.07. The molecule has 0 bridgehead atoms. The first-order chi connectivity index (χ1) is 6.59. The van der Waals surface area contributed by atoms with E-state index in [0.29, 0.717) is 5.39 Å². The zero-order valence-corrected chi connectivity index (χ0v) is 9.84. The monoisotopic (exact) mass is 298 g/mol. The number of hydrogen-bond donors (Lipinski definition) is 2. The molecule has 0 amide bonds. The maximum absolute atomic E-state index is 11.2. The van der Waals surface area contributed by atoms with Crippen LogP contribution in [0.3, 0.4) is 0 Å². The third-order valence-electron chi connectivity index (χ3n) is 2.08. The van der Waals surface area contributed by atoms with Crippen LogP contribution in [0, 0.1) is 0 Å². The molecule has 2 rings (SSSR count). The summed E-state index contributed by atoms with van der Waals surface area (Å²) in [5.41, 5.74) is 0. The summed E-state index contributed by atoms with van der Waals surface area (Å²) < 4.78 is 29.8. The third-order valence-corrected chi connectivity index (χ3v) is 4.98. The van der Waals surface area contributed by atoms with Gasteiger partial charge in [0, 0.05) is 0 Å². The Hall–Kier alpha value is -0.762. The molecule has 2 N–H and O–H groups in total. The second-order valence-electron chi connectivity index (χ2n) is 3.04. The van der Waals surface area contributed by atoms with Gasteiger partial charge in [0.15, 0.2) is 0 Å². The Kier molecular flexibility index (Phi) is 2.39. The maximum atomic E-state index is 11.2. The Balaban J connectivity index is 2.85. The van der Waals surface area contributed by atoms with E-state index in [-0.39, 0.29) is 3.51 Å². The molecule has 72 valence electrons. The molecule has 14 heavy (non-hydrogen) atoms. The Bertz CT molecular complexity index is 510. The number of rotatable bonds is 1. The van der Waals surface area contributed by atoms with Crippen molar-refractivity contribution in [2.45, 2.75) is 0 Å². The minimum atomic E-state index is -5.07. The van der Waals surface area contributed by atoms with Gasteiger partial charge in [0.1, 0.15) is 0 Å². The third kappa shape index (κ3) is 1.71. The molecule has 2 aromatic carbocycles. The summed E-state index contributed by atoms with van der Waals surface area (Å²) in [6.07, 6.45) is 0. The van der Waals surface area contributed by atoms with Gasteiger partial charge >= 0.3 is 86.2 Å². The van der Waals surface area contributed by atoms with E-state index < -0.39 is 19.6 Å². The van der Waals surface area contributed by atoms with Crippen molar-refractivity contribution in [2.24, 2.45) is 0 Å². The first-order valence-electron chi connectivity index (χ1n) is 4.13. The molecular weight excluding hydrogens is 290 g/mol. The van der Waals surface area contributed by atoms with Crippen LogP contribution < -0.4 is 3.51 Å². The van der Waals surface area contributed by atoms with Crippen molar-refractivity contribution in [1.82, 2.24) is 0 Å². The second-order valence-corrected chi connectivity index (χ2v) is 7.52. The quantitative estimate of drug-likeness (QED) is 0.750. The number of fused-ring (bicyclic) bond motifs is 1. The van der Waals surface area contributed by atoms with E-state index in [1.807, 2.05) is 18.2 Å². The summed E-state index contributed by atoms with van der Waals surface area (Å²) in [7, 11) is 0. The number of hydrogen-bond acceptors (Lipinski definition) is 1. The summed E-state index contributed by atoms with van der Waals surface area (Å²) in [5.74, 6) is 0. The van der Waals surface area contributed by atoms with Crippen LogP contribution in [0.25, 0.3) is 10.8 Å². The van der Waals surface area contributed by atoms with E-state index in [9.17, 15) is 9.79 Å². The van der Waals surface area contributed by atoms with E-state index in [2.05, 4.69) is 0 Å². The molecule has 2 aromatic rings. The van der Waals surface area contributed by atoms with Crippen LogP contribution in [0.15, 0.2) is 42.5 Å². The molecule has 0 heterocycles. The Morgan fingerprint density at radius 1 is 0.929 bits per heavy atom. The zero-order valence-electron chi connectivity index (χ0n) is 7.29. The van der Waals surface area contributed by atoms with Gasteiger partial charge in [-0.15, -0.1) is 0 Å². The van der Waals surface area contributed by atoms with E-state index >= 15 is 0 Å². The molecule has 0 saturated heterocycles. The first-order valence-corrected chi connectivity index (χ1v) is 8.73. The summed E-state index contributed by atoms with van der Waals surface area (Å²) in [4.78, 5) is 0. The molecule has 0 aliphatic rings. The van der Waals surface area contributed by atoms with Crippen molar-refractivity contribution in [1.29, 1.82) is 0 Å². The molecule has 0 fully saturated rings. The van der Waals surface area contributed by atoms with Gasteiger partial charge in [0.05, 0.1) is 0 Å². The predicted molar refractivity (Wildman–Crippen MR) is 54.5 cm³/mol. The normalized spacial score (nSPS) is 11.9. The van der Waals surface area contributed by atoms with Crippen molar-refractivity contribution in [2.75, 3.05) is 0 Å². The van der Waals surface area contributed by atoms with Crippen molar-refractivity contribution in [3.63, 3.8) is 0 Å². The van der Waals surface area contributed by atoms with Gasteiger partial charge in [0.2, 0.25) is 0 Å². The van der Waals surface area contributed by atoms with Crippen LogP contribution in [0.2, 0.25) is 0 Å². The van der Waals surface area contributed by atoms with Gasteiger partial charge in [-0.25, -0.2) is 0 Å². The van der Waals surface area contributed by atoms with E-state index in [0.717, 1.165) is 5.39 Å². The fourth-order valence-electron chi connectivity index (χ4n) is 1.46. The molecule has 0 radical (unpaired) electrons. The molecule has 0 atom stereocenters. The average molecular weight is 299 g/mol. The first kappa shape index (κ1) is 9.78. The molecule has 0 aliphatic carbocycles. The Labute approximate surface area is 86.1 Å². The van der Waals surface area contributed by atoms with Crippen LogP contribution in [0.4, 0.5) is 0 Å². The van der Waals surface area contributed by atoms with Crippen molar-refractivity contribution in [3.8, 4) is 0 Å². The molecule has 0 unspecified atom stereocenters. The summed E-state index contributed by atoms with van der Waals surface area (Å²) in [5, 5.41) is 1.52. The molecule has 4 heteroatoms. The minimum absolute atomic E-state index is 0.182. The standard InChI is InChI=1S/C10H7.2H2O.O.Sb/c1-2-6-10-8-4-3-7-9(10)5-1;;;;/h1-7H;2*1H2;;/q;;;;+2/p-2. The van der Waals surface area contributed by atoms with Crippen LogP contribution in [-0.2, 0) is 3.02 Å². The molecule has 0 aromatic heterocycles. The van der Waals surface area contributed by atoms with Crippen molar-refractivity contribution in [3.05, 3.63) is 42.5 Å². The van der Waals surface area contributed by atoms with Crippen LogP contribution in [0.5, 0.6) is 0 Å². The van der Waals surface area contributed by atoms with E-state index in [1.54, 1.807) is 18.2 Å². The van der Waals surface area contributed by atoms with Gasteiger partial charge in [0.25, 0.3) is 0 Å². The van der Waals surface area contributed by atoms with E-state index in [4.69, 9.17) is 0 Å². The van der Waals surface area contributed by atoms with Crippen LogP contribution in [-0.4, -0.2) is 26.4 Å². The van der Waals surface area contributed by atoms with Gasteiger partial charge < -0.3 is 0 Å². The predicted octanol–water partition coefficient (Wildman–Crippen LogP) is 0.401. The molecular formula is C10H9O3Sb. The van der Waals surface area contributed by atoms with Crippen molar-refractivity contribution >= 4 is 33.9 Å². The molecule has 0 spiro atoms. The fourth-order valence-corrected chi connectivity index (χ4v) is 3.74. The average Bonchev–Trinajstić information content (AvgIpc) is 2.15. The second kappa shape index (κ2) is 3.43. The van der Waals surface area contributed by atoms with Crippen LogP contribution >= 0.6 is 0 Å².